The molecule has 86 valence electrons. The summed E-state index contributed by atoms with van der Waals surface area (Å²) in [6, 6.07) is 10.5. The van der Waals surface area contributed by atoms with Crippen LogP contribution in [-0.2, 0) is 11.2 Å². The van der Waals surface area contributed by atoms with Crippen LogP contribution in [0.3, 0.4) is 0 Å². The summed E-state index contributed by atoms with van der Waals surface area (Å²) in [5.41, 5.74) is 1.37. The summed E-state index contributed by atoms with van der Waals surface area (Å²) in [7, 11) is 0. The highest BCUT2D eigenvalue weighted by Crippen LogP contribution is 2.15. The Morgan fingerprint density at radius 1 is 1.38 bits per heavy atom. The van der Waals surface area contributed by atoms with Gasteiger partial charge in [0.25, 0.3) is 0 Å². The Morgan fingerprint density at radius 3 is 2.62 bits per heavy atom. The average Bonchev–Trinajstić information content (AvgIpc) is 2.28. The van der Waals surface area contributed by atoms with Crippen LogP contribution in [0.4, 0.5) is 0 Å². The van der Waals surface area contributed by atoms with Gasteiger partial charge in [0.05, 0.1) is 0 Å². The number of carbonyl (C=O) groups excluding carboxylic acids is 1. The van der Waals surface area contributed by atoms with E-state index in [9.17, 15) is 4.79 Å². The number of ketones is 1. The minimum Gasteiger partial charge on any atom is -0.300 e. The number of hydrogen-bond donors (Lipinski definition) is 0. The van der Waals surface area contributed by atoms with E-state index in [0.717, 1.165) is 19.3 Å². The summed E-state index contributed by atoms with van der Waals surface area (Å²) in [6.45, 7) is 5.43. The van der Waals surface area contributed by atoms with E-state index in [1.807, 2.05) is 12.1 Å². The summed E-state index contributed by atoms with van der Waals surface area (Å²) >= 11 is 0. The molecule has 1 atom stereocenters. The Balaban J connectivity index is 2.28. The van der Waals surface area contributed by atoms with Gasteiger partial charge in [0.1, 0.15) is 5.78 Å². The highest BCUT2D eigenvalue weighted by atomic mass is 16.1. The lowest BCUT2D eigenvalue weighted by atomic mass is 9.95. The van der Waals surface area contributed by atoms with Crippen LogP contribution >= 0.6 is 0 Å². The van der Waals surface area contributed by atoms with Gasteiger partial charge in [-0.25, -0.2) is 0 Å². The monoisotopic (exact) mass is 216 g/mol. The smallest absolute Gasteiger partial charge is 0.130 e. The Morgan fingerprint density at radius 2 is 2.06 bits per heavy atom. The number of aryl methyl sites for hydroxylation is 1. The molecule has 0 N–H and O–H groups in total. The van der Waals surface area contributed by atoms with Crippen LogP contribution in [-0.4, -0.2) is 5.78 Å². The Hall–Kier alpha value is -1.37. The van der Waals surface area contributed by atoms with E-state index in [1.165, 1.54) is 5.56 Å². The van der Waals surface area contributed by atoms with Crippen molar-refractivity contribution >= 4 is 5.78 Å². The van der Waals surface area contributed by atoms with E-state index in [1.54, 1.807) is 6.92 Å². The minimum absolute atomic E-state index is 0.254. The molecular formula is C15H20O. The molecule has 1 aromatic rings. The number of hydrogen-bond acceptors (Lipinski definition) is 1. The molecule has 0 spiro atoms. The van der Waals surface area contributed by atoms with E-state index in [-0.39, 0.29) is 5.78 Å². The number of Topliss-reactive ketones (excluding diaryl/α,β-unsaturated/α-hetero) is 1. The third-order valence-corrected chi connectivity index (χ3v) is 2.77. The number of carbonyl (C=O) groups is 1. The van der Waals surface area contributed by atoms with Gasteiger partial charge in [-0.3, -0.25) is 0 Å². The first-order chi connectivity index (χ1) is 7.72. The van der Waals surface area contributed by atoms with Gasteiger partial charge < -0.3 is 4.79 Å². The first-order valence-corrected chi connectivity index (χ1v) is 5.88. The molecule has 1 nitrogen and oxygen atoms in total. The maximum Gasteiger partial charge on any atom is 0.130 e. The molecule has 0 aliphatic rings. The lowest BCUT2D eigenvalue weighted by Crippen LogP contribution is -2.03. The molecule has 1 heteroatoms. The number of benzene rings is 1. The molecule has 0 saturated carbocycles. The molecule has 0 fully saturated rings. The zero-order valence-corrected chi connectivity index (χ0v) is 9.99. The van der Waals surface area contributed by atoms with Gasteiger partial charge >= 0.3 is 0 Å². The molecule has 0 amide bonds. The number of rotatable bonds is 7. The van der Waals surface area contributed by atoms with Gasteiger partial charge in [-0.1, -0.05) is 36.4 Å². The van der Waals surface area contributed by atoms with Crippen LogP contribution in [0.1, 0.15) is 31.7 Å². The second-order valence-corrected chi connectivity index (χ2v) is 4.28. The fourth-order valence-corrected chi connectivity index (χ4v) is 1.89. The quantitative estimate of drug-likeness (QED) is 0.634. The maximum absolute atomic E-state index is 11.0. The molecule has 0 aliphatic heterocycles. The zero-order valence-electron chi connectivity index (χ0n) is 9.99. The van der Waals surface area contributed by atoms with Crippen LogP contribution in [0, 0.1) is 5.92 Å². The van der Waals surface area contributed by atoms with Crippen LogP contribution in [0.2, 0.25) is 0 Å². The predicted octanol–water partition coefficient (Wildman–Crippen LogP) is 3.79. The van der Waals surface area contributed by atoms with Crippen LogP contribution in [0.15, 0.2) is 43.0 Å². The summed E-state index contributed by atoms with van der Waals surface area (Å²) in [5.74, 6) is 0.603. The Kier molecular flexibility index (Phi) is 5.55. The van der Waals surface area contributed by atoms with Gasteiger partial charge in [0, 0.05) is 6.42 Å². The molecule has 0 saturated heterocycles. The average molecular weight is 216 g/mol. The lowest BCUT2D eigenvalue weighted by molar-refractivity contribution is -0.117. The van der Waals surface area contributed by atoms with Crippen LogP contribution in [0.25, 0.3) is 0 Å². The van der Waals surface area contributed by atoms with Crippen molar-refractivity contribution in [3.05, 3.63) is 48.6 Å². The van der Waals surface area contributed by atoms with Crippen molar-refractivity contribution < 1.29 is 4.79 Å². The molecule has 0 unspecified atom stereocenters. The molecular weight excluding hydrogens is 196 g/mol. The van der Waals surface area contributed by atoms with Gasteiger partial charge in [-0.2, -0.15) is 0 Å². The zero-order chi connectivity index (χ0) is 11.8. The predicted molar refractivity (Wildman–Crippen MR) is 68.4 cm³/mol. The molecule has 0 aromatic heterocycles. The Bertz CT molecular complexity index is 327. The highest BCUT2D eigenvalue weighted by molar-refractivity contribution is 5.75. The number of allylic oxidation sites excluding steroid dienone is 1. The minimum atomic E-state index is 0.254. The van der Waals surface area contributed by atoms with Gasteiger partial charge in [0.2, 0.25) is 0 Å². The van der Waals surface area contributed by atoms with Crippen molar-refractivity contribution in [2.75, 3.05) is 0 Å². The van der Waals surface area contributed by atoms with Crippen molar-refractivity contribution in [3.63, 3.8) is 0 Å². The lowest BCUT2D eigenvalue weighted by Gasteiger charge is -2.09. The molecule has 0 aliphatic carbocycles. The first-order valence-electron chi connectivity index (χ1n) is 5.88. The van der Waals surface area contributed by atoms with Crippen molar-refractivity contribution in [3.8, 4) is 0 Å². The molecule has 16 heavy (non-hydrogen) atoms. The largest absolute Gasteiger partial charge is 0.300 e. The van der Waals surface area contributed by atoms with Crippen molar-refractivity contribution in [1.82, 2.24) is 0 Å². The summed E-state index contributed by atoms with van der Waals surface area (Å²) in [5, 5.41) is 0. The van der Waals surface area contributed by atoms with Crippen LogP contribution in [0.5, 0.6) is 0 Å². The standard InChI is InChI=1S/C15H20O/c1-3-14(12-13(2)16)10-7-11-15-8-5-4-6-9-15/h3-6,8-9,14H,1,7,10-12H2,2H3/t14-/m1/s1. The highest BCUT2D eigenvalue weighted by Gasteiger charge is 2.06. The topological polar surface area (TPSA) is 17.1 Å². The van der Waals surface area contributed by atoms with Crippen molar-refractivity contribution in [2.45, 2.75) is 32.6 Å². The van der Waals surface area contributed by atoms with Gasteiger partial charge in [-0.05, 0) is 37.7 Å². The fraction of sp³-hybridized carbons (Fsp3) is 0.400. The maximum atomic E-state index is 11.0. The van der Waals surface area contributed by atoms with Gasteiger partial charge in [0.15, 0.2) is 0 Å². The van der Waals surface area contributed by atoms with E-state index in [0.29, 0.717) is 12.3 Å². The van der Waals surface area contributed by atoms with Crippen molar-refractivity contribution in [1.29, 1.82) is 0 Å². The second kappa shape index (κ2) is 7.00. The third-order valence-electron chi connectivity index (χ3n) is 2.77. The Labute approximate surface area is 98.2 Å². The molecule has 0 radical (unpaired) electrons. The van der Waals surface area contributed by atoms with E-state index in [2.05, 4.69) is 30.8 Å². The SMILES string of the molecule is C=C[C@H](CCCc1ccccc1)CC(C)=O. The van der Waals surface area contributed by atoms with E-state index in [4.69, 9.17) is 0 Å². The fourth-order valence-electron chi connectivity index (χ4n) is 1.89. The molecule has 1 rings (SSSR count). The normalized spacial score (nSPS) is 12.1. The molecule has 0 bridgehead atoms. The summed E-state index contributed by atoms with van der Waals surface area (Å²) in [4.78, 5) is 11.0. The second-order valence-electron chi connectivity index (χ2n) is 4.28. The van der Waals surface area contributed by atoms with E-state index < -0.39 is 0 Å². The first kappa shape index (κ1) is 12.7. The summed E-state index contributed by atoms with van der Waals surface area (Å²) in [6.07, 6.45) is 5.81. The van der Waals surface area contributed by atoms with Crippen LogP contribution < -0.4 is 0 Å². The molecule has 1 aromatic carbocycles. The van der Waals surface area contributed by atoms with Gasteiger partial charge in [-0.15, -0.1) is 6.58 Å². The van der Waals surface area contributed by atoms with E-state index >= 15 is 0 Å². The third kappa shape index (κ3) is 4.92. The summed E-state index contributed by atoms with van der Waals surface area (Å²) < 4.78 is 0. The molecule has 0 heterocycles. The van der Waals surface area contributed by atoms with Crippen molar-refractivity contribution in [2.24, 2.45) is 5.92 Å².